The van der Waals surface area contributed by atoms with Gasteiger partial charge in [-0.3, -0.25) is 0 Å². The second-order valence-electron chi connectivity index (χ2n) is 7.67. The van der Waals surface area contributed by atoms with Crippen LogP contribution >= 0.6 is 35.0 Å². The largest absolute Gasteiger partial charge is 0.152 e. The van der Waals surface area contributed by atoms with Gasteiger partial charge in [0.25, 0.3) is 0 Å². The maximum Gasteiger partial charge on any atom is 0.0406 e. The van der Waals surface area contributed by atoms with Gasteiger partial charge in [0, 0.05) is 21.6 Å². The molecule has 0 N–H and O–H groups in total. The van der Waals surface area contributed by atoms with Crippen LogP contribution < -0.4 is 0 Å². The second-order valence-corrected chi connectivity index (χ2v) is 9.53. The van der Waals surface area contributed by atoms with Gasteiger partial charge in [-0.2, -0.15) is 11.8 Å². The van der Waals surface area contributed by atoms with Crippen LogP contribution in [0.25, 0.3) is 23.3 Å². The third-order valence-electron chi connectivity index (χ3n) is 5.23. The fourth-order valence-electron chi connectivity index (χ4n) is 3.51. The van der Waals surface area contributed by atoms with E-state index >= 15 is 0 Å². The summed E-state index contributed by atoms with van der Waals surface area (Å²) in [5.41, 5.74) is 7.37. The zero-order chi connectivity index (χ0) is 22.9. The lowest BCUT2D eigenvalue weighted by atomic mass is 10.0. The molecule has 0 aliphatic heterocycles. The van der Waals surface area contributed by atoms with Crippen LogP contribution in [0, 0.1) is 0 Å². The molecule has 0 saturated heterocycles. The van der Waals surface area contributed by atoms with Crippen LogP contribution in [0.4, 0.5) is 0 Å². The van der Waals surface area contributed by atoms with Gasteiger partial charge in [-0.25, -0.2) is 0 Å². The van der Waals surface area contributed by atoms with E-state index in [0.29, 0.717) is 0 Å². The van der Waals surface area contributed by atoms with Gasteiger partial charge in [-0.1, -0.05) is 120 Å². The Morgan fingerprint density at radius 2 is 0.879 bits per heavy atom. The van der Waals surface area contributed by atoms with E-state index in [4.69, 9.17) is 23.2 Å². The molecule has 0 aliphatic rings. The molecule has 3 heteroatoms. The molecule has 0 spiro atoms. The monoisotopic (exact) mass is 486 g/mol. The number of benzene rings is 4. The minimum absolute atomic E-state index is 0.752. The van der Waals surface area contributed by atoms with Crippen LogP contribution in [0.15, 0.2) is 109 Å². The van der Waals surface area contributed by atoms with E-state index in [1.165, 1.54) is 22.3 Å². The molecular weight excluding hydrogens is 463 g/mol. The van der Waals surface area contributed by atoms with Gasteiger partial charge in [0.1, 0.15) is 0 Å². The molecule has 0 unspecified atom stereocenters. The first-order chi connectivity index (χ1) is 16.2. The van der Waals surface area contributed by atoms with Gasteiger partial charge < -0.3 is 0 Å². The third kappa shape index (κ3) is 7.14. The fraction of sp³-hybridized carbons (Fsp3) is 0.0667. The van der Waals surface area contributed by atoms with Crippen LogP contribution in [0.3, 0.4) is 0 Å². The normalized spacial score (nSPS) is 12.1. The van der Waals surface area contributed by atoms with Gasteiger partial charge in [0.05, 0.1) is 0 Å². The highest BCUT2D eigenvalue weighted by Crippen LogP contribution is 2.28. The van der Waals surface area contributed by atoms with Crippen molar-refractivity contribution in [1.29, 1.82) is 0 Å². The molecular formula is C30H24Cl2S. The molecule has 0 atom stereocenters. The minimum Gasteiger partial charge on any atom is -0.152 e. The molecule has 0 amide bonds. The molecule has 4 aromatic carbocycles. The van der Waals surface area contributed by atoms with Crippen molar-refractivity contribution in [1.82, 2.24) is 0 Å². The van der Waals surface area contributed by atoms with Gasteiger partial charge in [0.15, 0.2) is 0 Å². The lowest BCUT2D eigenvalue weighted by molar-refractivity contribution is 1.56. The smallest absolute Gasteiger partial charge is 0.0406 e. The molecule has 0 radical (unpaired) electrons. The highest BCUT2D eigenvalue weighted by atomic mass is 35.5. The number of thioether (sulfide) groups is 1. The quantitative estimate of drug-likeness (QED) is 0.223. The van der Waals surface area contributed by atoms with E-state index in [2.05, 4.69) is 97.1 Å². The molecule has 0 nitrogen and oxygen atoms in total. The average Bonchev–Trinajstić information content (AvgIpc) is 2.86. The zero-order valence-electron chi connectivity index (χ0n) is 18.1. The van der Waals surface area contributed by atoms with Crippen molar-refractivity contribution < 1.29 is 0 Å². The highest BCUT2D eigenvalue weighted by Gasteiger charge is 2.07. The van der Waals surface area contributed by atoms with E-state index in [1.54, 1.807) is 0 Å². The third-order valence-corrected chi connectivity index (χ3v) is 6.76. The number of hydrogen-bond acceptors (Lipinski definition) is 1. The van der Waals surface area contributed by atoms with E-state index < -0.39 is 0 Å². The van der Waals surface area contributed by atoms with Crippen LogP contribution in [0.1, 0.15) is 22.3 Å². The molecule has 0 aromatic heterocycles. The van der Waals surface area contributed by atoms with Crippen molar-refractivity contribution in [2.75, 3.05) is 11.5 Å². The number of rotatable bonds is 8. The van der Waals surface area contributed by atoms with E-state index in [-0.39, 0.29) is 0 Å². The van der Waals surface area contributed by atoms with Gasteiger partial charge in [-0.15, -0.1) is 0 Å². The molecule has 4 aromatic rings. The topological polar surface area (TPSA) is 0 Å². The SMILES string of the molecule is Clc1ccc(C=C(CSCC(=Cc2ccc(Cl)cc2)c2ccccc2)c2ccccc2)cc1. The predicted octanol–water partition coefficient (Wildman–Crippen LogP) is 9.51. The predicted molar refractivity (Wildman–Crippen MR) is 149 cm³/mol. The van der Waals surface area contributed by atoms with Crippen LogP contribution in [0.2, 0.25) is 10.0 Å². The molecule has 4 rings (SSSR count). The first-order valence-corrected chi connectivity index (χ1v) is 12.7. The summed E-state index contributed by atoms with van der Waals surface area (Å²) in [7, 11) is 0. The molecule has 0 heterocycles. The first-order valence-electron chi connectivity index (χ1n) is 10.8. The Bertz CT molecular complexity index is 1110. The van der Waals surface area contributed by atoms with Gasteiger partial charge >= 0.3 is 0 Å². The van der Waals surface area contributed by atoms with Crippen molar-refractivity contribution in [2.24, 2.45) is 0 Å². The Labute approximate surface area is 210 Å². The maximum absolute atomic E-state index is 6.08. The summed E-state index contributed by atoms with van der Waals surface area (Å²) in [5, 5.41) is 1.50. The Morgan fingerprint density at radius 3 is 1.24 bits per heavy atom. The van der Waals surface area contributed by atoms with E-state index in [1.807, 2.05) is 36.0 Å². The molecule has 0 aliphatic carbocycles. The Kier molecular flexibility index (Phi) is 8.49. The lowest BCUT2D eigenvalue weighted by Gasteiger charge is -2.12. The van der Waals surface area contributed by atoms with Crippen molar-refractivity contribution >= 4 is 58.3 Å². The summed E-state index contributed by atoms with van der Waals surface area (Å²) in [6.45, 7) is 0. The molecule has 0 bridgehead atoms. The zero-order valence-corrected chi connectivity index (χ0v) is 20.5. The number of hydrogen-bond donors (Lipinski definition) is 0. The van der Waals surface area contributed by atoms with E-state index in [9.17, 15) is 0 Å². The molecule has 33 heavy (non-hydrogen) atoms. The van der Waals surface area contributed by atoms with Crippen LogP contribution in [0.5, 0.6) is 0 Å². The summed E-state index contributed by atoms with van der Waals surface area (Å²) in [6, 6.07) is 37.1. The Hall–Kier alpha value is -2.71. The maximum atomic E-state index is 6.08. The molecule has 0 fully saturated rings. The fourth-order valence-corrected chi connectivity index (χ4v) is 4.81. The lowest BCUT2D eigenvalue weighted by Crippen LogP contribution is -1.93. The van der Waals surface area contributed by atoms with Gasteiger partial charge in [-0.05, 0) is 57.7 Å². The Balaban J connectivity index is 1.56. The van der Waals surface area contributed by atoms with Crippen molar-refractivity contribution in [3.8, 4) is 0 Å². The van der Waals surface area contributed by atoms with Crippen molar-refractivity contribution in [3.05, 3.63) is 141 Å². The highest BCUT2D eigenvalue weighted by molar-refractivity contribution is 8.00. The van der Waals surface area contributed by atoms with Crippen molar-refractivity contribution in [2.45, 2.75) is 0 Å². The second kappa shape index (κ2) is 12.0. The summed E-state index contributed by atoms with van der Waals surface area (Å²) in [5.74, 6) is 1.80. The summed E-state index contributed by atoms with van der Waals surface area (Å²) >= 11 is 14.1. The standard InChI is InChI=1S/C30H24Cl2S/c31-29-15-11-23(12-16-29)19-27(25-7-3-1-4-8-25)21-33-22-28(26-9-5-2-6-10-26)20-24-13-17-30(32)18-14-24/h1-20H,21-22H2. The minimum atomic E-state index is 0.752. The van der Waals surface area contributed by atoms with Gasteiger partial charge in [0.2, 0.25) is 0 Å². The number of halogens is 2. The average molecular weight is 487 g/mol. The van der Waals surface area contributed by atoms with E-state index in [0.717, 1.165) is 32.7 Å². The Morgan fingerprint density at radius 1 is 0.515 bits per heavy atom. The summed E-state index contributed by atoms with van der Waals surface area (Å²) in [6.07, 6.45) is 4.51. The molecule has 0 saturated carbocycles. The van der Waals surface area contributed by atoms with Crippen molar-refractivity contribution in [3.63, 3.8) is 0 Å². The summed E-state index contributed by atoms with van der Waals surface area (Å²) in [4.78, 5) is 0. The summed E-state index contributed by atoms with van der Waals surface area (Å²) < 4.78 is 0. The van der Waals surface area contributed by atoms with Crippen LogP contribution in [-0.2, 0) is 0 Å². The van der Waals surface area contributed by atoms with Crippen LogP contribution in [-0.4, -0.2) is 11.5 Å². The molecule has 164 valence electrons. The first kappa shape index (κ1) is 23.4.